The lowest BCUT2D eigenvalue weighted by atomic mass is 10.2. The van der Waals surface area contributed by atoms with Crippen LogP contribution in [-0.2, 0) is 4.74 Å². The van der Waals surface area contributed by atoms with Crippen LogP contribution < -0.4 is 14.5 Å². The number of rotatable bonds is 4. The van der Waals surface area contributed by atoms with E-state index in [2.05, 4.69) is 19.9 Å². The van der Waals surface area contributed by atoms with Crippen LogP contribution in [0.1, 0.15) is 10.6 Å². The first-order valence-electron chi connectivity index (χ1n) is 9.08. The Morgan fingerprint density at radius 3 is 2.52 bits per heavy atom. The molecule has 0 radical (unpaired) electrons. The maximum Gasteiger partial charge on any atom is 0.292 e. The minimum Gasteiger partial charge on any atom is -0.481 e. The van der Waals surface area contributed by atoms with Gasteiger partial charge in [-0.2, -0.15) is 0 Å². The molecule has 2 aliphatic rings. The molecule has 0 saturated carbocycles. The molecule has 4 rings (SSSR count). The fourth-order valence-corrected chi connectivity index (χ4v) is 3.31. The van der Waals surface area contributed by atoms with E-state index in [0.29, 0.717) is 38.0 Å². The Morgan fingerprint density at radius 2 is 1.85 bits per heavy atom. The molecule has 2 aromatic rings. The van der Waals surface area contributed by atoms with Crippen molar-refractivity contribution < 1.29 is 18.8 Å². The molecule has 9 heteroatoms. The molecular formula is C18H23N5O4. The number of hydrogen-bond acceptors (Lipinski definition) is 8. The first-order chi connectivity index (χ1) is 13.2. The number of ether oxygens (including phenoxy) is 2. The van der Waals surface area contributed by atoms with Gasteiger partial charge in [-0.15, -0.1) is 0 Å². The van der Waals surface area contributed by atoms with Gasteiger partial charge in [-0.25, -0.2) is 4.98 Å². The van der Waals surface area contributed by atoms with E-state index in [1.165, 1.54) is 0 Å². The van der Waals surface area contributed by atoms with E-state index in [0.717, 1.165) is 31.9 Å². The molecule has 4 heterocycles. The van der Waals surface area contributed by atoms with Gasteiger partial charge in [0, 0.05) is 51.4 Å². The lowest BCUT2D eigenvalue weighted by Crippen LogP contribution is -2.48. The van der Waals surface area contributed by atoms with E-state index >= 15 is 0 Å². The summed E-state index contributed by atoms with van der Waals surface area (Å²) in [6.45, 7) is 5.57. The van der Waals surface area contributed by atoms with Gasteiger partial charge in [-0.3, -0.25) is 4.79 Å². The van der Waals surface area contributed by atoms with Crippen LogP contribution in [0.15, 0.2) is 28.9 Å². The molecule has 0 aromatic carbocycles. The summed E-state index contributed by atoms with van der Waals surface area (Å²) in [4.78, 5) is 23.0. The van der Waals surface area contributed by atoms with Crippen molar-refractivity contribution >= 4 is 17.4 Å². The topological polar surface area (TPSA) is 84.2 Å². The highest BCUT2D eigenvalue weighted by Crippen LogP contribution is 2.20. The molecule has 2 fully saturated rings. The molecule has 0 bridgehead atoms. The second kappa shape index (κ2) is 7.83. The molecule has 144 valence electrons. The van der Waals surface area contributed by atoms with E-state index in [-0.39, 0.29) is 11.7 Å². The molecule has 2 saturated heterocycles. The zero-order valence-corrected chi connectivity index (χ0v) is 15.3. The monoisotopic (exact) mass is 373 g/mol. The van der Waals surface area contributed by atoms with Gasteiger partial charge >= 0.3 is 0 Å². The SMILES string of the molecule is COc1ccc(N2CCN(C(=O)c3cc(N4CCOCC4)no3)CC2)cn1. The fraction of sp³-hybridized carbons (Fsp3) is 0.500. The van der Waals surface area contributed by atoms with Gasteiger partial charge in [-0.05, 0) is 6.07 Å². The Morgan fingerprint density at radius 1 is 1.07 bits per heavy atom. The van der Waals surface area contributed by atoms with Crippen molar-refractivity contribution in [2.45, 2.75) is 0 Å². The third kappa shape index (κ3) is 3.82. The van der Waals surface area contributed by atoms with Gasteiger partial charge in [0.1, 0.15) is 0 Å². The van der Waals surface area contributed by atoms with Crippen molar-refractivity contribution in [2.75, 3.05) is 69.4 Å². The zero-order chi connectivity index (χ0) is 18.6. The maximum atomic E-state index is 12.7. The van der Waals surface area contributed by atoms with Crippen LogP contribution in [0.3, 0.4) is 0 Å². The number of aromatic nitrogens is 2. The number of nitrogens with zero attached hydrogens (tertiary/aromatic N) is 5. The maximum absolute atomic E-state index is 12.7. The van der Waals surface area contributed by atoms with Crippen LogP contribution in [0.4, 0.5) is 11.5 Å². The summed E-state index contributed by atoms with van der Waals surface area (Å²) in [6.07, 6.45) is 1.79. The summed E-state index contributed by atoms with van der Waals surface area (Å²) >= 11 is 0. The largest absolute Gasteiger partial charge is 0.481 e. The highest BCUT2D eigenvalue weighted by atomic mass is 16.5. The highest BCUT2D eigenvalue weighted by Gasteiger charge is 2.26. The lowest BCUT2D eigenvalue weighted by Gasteiger charge is -2.35. The quantitative estimate of drug-likeness (QED) is 0.781. The fourth-order valence-electron chi connectivity index (χ4n) is 3.31. The first-order valence-corrected chi connectivity index (χ1v) is 9.08. The predicted octanol–water partition coefficient (Wildman–Crippen LogP) is 0.877. The van der Waals surface area contributed by atoms with Crippen LogP contribution in [0.25, 0.3) is 0 Å². The molecule has 0 atom stereocenters. The van der Waals surface area contributed by atoms with Crippen LogP contribution in [0.2, 0.25) is 0 Å². The van der Waals surface area contributed by atoms with Gasteiger partial charge in [0.25, 0.3) is 5.91 Å². The third-order valence-corrected chi connectivity index (χ3v) is 4.91. The number of piperazine rings is 1. The Bertz CT molecular complexity index is 764. The average Bonchev–Trinajstić information content (AvgIpc) is 3.24. The van der Waals surface area contributed by atoms with Crippen molar-refractivity contribution in [3.8, 4) is 5.88 Å². The molecular weight excluding hydrogens is 350 g/mol. The number of methoxy groups -OCH3 is 1. The van der Waals surface area contributed by atoms with E-state index in [1.54, 1.807) is 24.3 Å². The van der Waals surface area contributed by atoms with Crippen LogP contribution in [0.5, 0.6) is 5.88 Å². The highest BCUT2D eigenvalue weighted by molar-refractivity contribution is 5.92. The van der Waals surface area contributed by atoms with Crippen molar-refractivity contribution in [3.05, 3.63) is 30.2 Å². The minimum atomic E-state index is -0.116. The number of carbonyl (C=O) groups is 1. The Kier molecular flexibility index (Phi) is 5.10. The number of hydrogen-bond donors (Lipinski definition) is 0. The van der Waals surface area contributed by atoms with Crippen LogP contribution >= 0.6 is 0 Å². The summed E-state index contributed by atoms with van der Waals surface area (Å²) in [5.41, 5.74) is 1.03. The van der Waals surface area contributed by atoms with Crippen molar-refractivity contribution in [2.24, 2.45) is 0 Å². The summed E-state index contributed by atoms with van der Waals surface area (Å²) in [5.74, 6) is 1.46. The van der Waals surface area contributed by atoms with E-state index in [4.69, 9.17) is 14.0 Å². The van der Waals surface area contributed by atoms with Crippen molar-refractivity contribution in [1.82, 2.24) is 15.0 Å². The van der Waals surface area contributed by atoms with E-state index in [1.807, 2.05) is 12.1 Å². The molecule has 27 heavy (non-hydrogen) atoms. The number of amides is 1. The average molecular weight is 373 g/mol. The first kappa shape index (κ1) is 17.6. The molecule has 9 nitrogen and oxygen atoms in total. The summed E-state index contributed by atoms with van der Waals surface area (Å²) in [5, 5.41) is 4.05. The normalized spacial score (nSPS) is 17.9. The number of anilines is 2. The van der Waals surface area contributed by atoms with Gasteiger partial charge in [0.15, 0.2) is 5.82 Å². The third-order valence-electron chi connectivity index (χ3n) is 4.91. The standard InChI is InChI=1S/C18H23N5O4/c1-25-17-3-2-14(13-19-17)21-4-6-23(7-5-21)18(24)15-12-16(20-27-15)22-8-10-26-11-9-22/h2-3,12-13H,4-11H2,1H3. The van der Waals surface area contributed by atoms with Crippen LogP contribution in [0, 0.1) is 0 Å². The number of carbonyl (C=O) groups excluding carboxylic acids is 1. The number of morpholine rings is 1. The molecule has 0 spiro atoms. The Hall–Kier alpha value is -2.81. The van der Waals surface area contributed by atoms with Gasteiger partial charge < -0.3 is 28.7 Å². The predicted molar refractivity (Wildman–Crippen MR) is 98.4 cm³/mol. The summed E-state index contributed by atoms with van der Waals surface area (Å²) in [7, 11) is 1.60. The molecule has 0 aliphatic carbocycles. The second-order valence-electron chi connectivity index (χ2n) is 6.49. The Balaban J connectivity index is 1.35. The van der Waals surface area contributed by atoms with Gasteiger partial charge in [-0.1, -0.05) is 5.16 Å². The zero-order valence-electron chi connectivity index (χ0n) is 15.3. The summed E-state index contributed by atoms with van der Waals surface area (Å²) < 4.78 is 15.7. The number of pyridine rings is 1. The molecule has 0 unspecified atom stereocenters. The van der Waals surface area contributed by atoms with Crippen molar-refractivity contribution in [3.63, 3.8) is 0 Å². The molecule has 2 aromatic heterocycles. The Labute approximate surface area is 157 Å². The second-order valence-corrected chi connectivity index (χ2v) is 6.49. The smallest absolute Gasteiger partial charge is 0.292 e. The molecule has 2 aliphatic heterocycles. The lowest BCUT2D eigenvalue weighted by molar-refractivity contribution is 0.0704. The molecule has 0 N–H and O–H groups in total. The van der Waals surface area contributed by atoms with Gasteiger partial charge in [0.05, 0.1) is 32.2 Å². The summed E-state index contributed by atoms with van der Waals surface area (Å²) in [6, 6.07) is 5.55. The van der Waals surface area contributed by atoms with E-state index in [9.17, 15) is 4.79 Å². The van der Waals surface area contributed by atoms with E-state index < -0.39 is 0 Å². The van der Waals surface area contributed by atoms with Crippen molar-refractivity contribution in [1.29, 1.82) is 0 Å². The van der Waals surface area contributed by atoms with Crippen LogP contribution in [-0.4, -0.2) is 80.5 Å². The van der Waals surface area contributed by atoms with Gasteiger partial charge in [0.2, 0.25) is 11.6 Å². The minimum absolute atomic E-state index is 0.116. The molecule has 1 amide bonds.